The van der Waals surface area contributed by atoms with Crippen LogP contribution in [0.25, 0.3) is 0 Å². The second kappa shape index (κ2) is 6.30. The standard InChI is InChI=1S/C9H18N4/c1-7(2)12-9(11-6-5-10)13-8(3)4/h7-8H,6H2,1-4H3,(H2,11,12,13). The molecule has 0 radical (unpaired) electrons. The number of nitriles is 1. The van der Waals surface area contributed by atoms with E-state index in [9.17, 15) is 0 Å². The van der Waals surface area contributed by atoms with Gasteiger partial charge in [-0.1, -0.05) is 0 Å². The van der Waals surface area contributed by atoms with Crippen LogP contribution in [0.3, 0.4) is 0 Å². The number of guanidine groups is 1. The predicted molar refractivity (Wildman–Crippen MR) is 54.5 cm³/mol. The van der Waals surface area contributed by atoms with Crippen LogP contribution in [0.1, 0.15) is 27.7 Å². The molecular weight excluding hydrogens is 164 g/mol. The molecule has 0 fully saturated rings. The fourth-order valence-electron chi connectivity index (χ4n) is 0.794. The topological polar surface area (TPSA) is 60.2 Å². The lowest BCUT2D eigenvalue weighted by Crippen LogP contribution is -2.44. The van der Waals surface area contributed by atoms with Crippen LogP contribution in [-0.4, -0.2) is 24.6 Å². The molecule has 0 aromatic carbocycles. The molecule has 0 aromatic heterocycles. The van der Waals surface area contributed by atoms with Crippen molar-refractivity contribution in [3.05, 3.63) is 0 Å². The Labute approximate surface area is 80.0 Å². The van der Waals surface area contributed by atoms with Crippen molar-refractivity contribution in [3.63, 3.8) is 0 Å². The minimum absolute atomic E-state index is 0.189. The summed E-state index contributed by atoms with van der Waals surface area (Å²) in [6.45, 7) is 8.32. The summed E-state index contributed by atoms with van der Waals surface area (Å²) in [6, 6.07) is 2.62. The van der Waals surface area contributed by atoms with E-state index in [-0.39, 0.29) is 6.54 Å². The average Bonchev–Trinajstić information content (AvgIpc) is 1.98. The monoisotopic (exact) mass is 182 g/mol. The molecule has 0 atom stereocenters. The van der Waals surface area contributed by atoms with Gasteiger partial charge in [0, 0.05) is 12.1 Å². The molecule has 4 nitrogen and oxygen atoms in total. The second-order valence-corrected chi connectivity index (χ2v) is 3.42. The Morgan fingerprint density at radius 2 is 1.69 bits per heavy atom. The van der Waals surface area contributed by atoms with E-state index in [0.717, 1.165) is 0 Å². The first kappa shape index (κ1) is 11.8. The zero-order valence-corrected chi connectivity index (χ0v) is 8.76. The molecule has 0 aliphatic carbocycles. The third-order valence-electron chi connectivity index (χ3n) is 1.16. The Bertz CT molecular complexity index is 188. The first-order valence-corrected chi connectivity index (χ1v) is 4.50. The molecular formula is C9H18N4. The van der Waals surface area contributed by atoms with Gasteiger partial charge < -0.3 is 10.6 Å². The summed E-state index contributed by atoms with van der Waals surface area (Å²) in [6.07, 6.45) is 0. The van der Waals surface area contributed by atoms with E-state index < -0.39 is 0 Å². The van der Waals surface area contributed by atoms with Gasteiger partial charge in [-0.3, -0.25) is 0 Å². The predicted octanol–water partition coefficient (Wildman–Crippen LogP) is 0.862. The molecule has 0 rings (SSSR count). The van der Waals surface area contributed by atoms with Crippen LogP contribution in [-0.2, 0) is 0 Å². The van der Waals surface area contributed by atoms with Gasteiger partial charge in [-0.2, -0.15) is 5.26 Å². The highest BCUT2D eigenvalue weighted by molar-refractivity contribution is 5.80. The zero-order chi connectivity index (χ0) is 10.3. The third-order valence-corrected chi connectivity index (χ3v) is 1.16. The normalized spacial score (nSPS) is 9.62. The zero-order valence-electron chi connectivity index (χ0n) is 8.76. The lowest BCUT2D eigenvalue weighted by atomic mass is 10.4. The largest absolute Gasteiger partial charge is 0.354 e. The van der Waals surface area contributed by atoms with Crippen molar-refractivity contribution in [2.24, 2.45) is 4.99 Å². The van der Waals surface area contributed by atoms with E-state index >= 15 is 0 Å². The maximum atomic E-state index is 8.37. The highest BCUT2D eigenvalue weighted by Crippen LogP contribution is 1.82. The number of nitrogens with one attached hydrogen (secondary N) is 2. The number of hydrogen-bond donors (Lipinski definition) is 2. The second-order valence-electron chi connectivity index (χ2n) is 3.42. The highest BCUT2D eigenvalue weighted by Gasteiger charge is 2.01. The van der Waals surface area contributed by atoms with E-state index in [0.29, 0.717) is 18.0 Å². The molecule has 0 saturated carbocycles. The van der Waals surface area contributed by atoms with Gasteiger partial charge in [-0.25, -0.2) is 4.99 Å². The molecule has 2 N–H and O–H groups in total. The molecule has 74 valence electrons. The summed E-state index contributed by atoms with van der Waals surface area (Å²) in [5.74, 6) is 0.701. The molecule has 4 heteroatoms. The fourth-order valence-corrected chi connectivity index (χ4v) is 0.794. The first-order chi connectivity index (χ1) is 6.06. The van der Waals surface area contributed by atoms with Crippen molar-refractivity contribution in [1.82, 2.24) is 10.6 Å². The number of nitrogens with zero attached hydrogens (tertiary/aromatic N) is 2. The van der Waals surface area contributed by atoms with E-state index in [4.69, 9.17) is 5.26 Å². The number of aliphatic imine (C=N–C) groups is 1. The molecule has 0 aromatic rings. The Balaban J connectivity index is 4.12. The highest BCUT2D eigenvalue weighted by atomic mass is 15.2. The van der Waals surface area contributed by atoms with Gasteiger partial charge in [0.05, 0.1) is 6.07 Å². The van der Waals surface area contributed by atoms with Crippen molar-refractivity contribution in [3.8, 4) is 6.07 Å². The SMILES string of the molecule is CC(C)NC(=NCC#N)NC(C)C. The maximum Gasteiger partial charge on any atom is 0.192 e. The minimum atomic E-state index is 0.189. The summed E-state index contributed by atoms with van der Waals surface area (Å²) >= 11 is 0. The van der Waals surface area contributed by atoms with Crippen LogP contribution >= 0.6 is 0 Å². The first-order valence-electron chi connectivity index (χ1n) is 4.50. The minimum Gasteiger partial charge on any atom is -0.354 e. The lowest BCUT2D eigenvalue weighted by molar-refractivity contribution is 0.658. The van der Waals surface area contributed by atoms with Gasteiger partial charge in [0.1, 0.15) is 6.54 Å². The van der Waals surface area contributed by atoms with Gasteiger partial charge in [0.15, 0.2) is 5.96 Å². The molecule has 0 aliphatic rings. The average molecular weight is 182 g/mol. The Morgan fingerprint density at radius 1 is 1.23 bits per heavy atom. The third kappa shape index (κ3) is 7.13. The van der Waals surface area contributed by atoms with E-state index in [1.807, 2.05) is 33.8 Å². The van der Waals surface area contributed by atoms with Gasteiger partial charge in [0.2, 0.25) is 0 Å². The van der Waals surface area contributed by atoms with Crippen LogP contribution in [0.5, 0.6) is 0 Å². The summed E-state index contributed by atoms with van der Waals surface area (Å²) in [5, 5.41) is 14.6. The van der Waals surface area contributed by atoms with Gasteiger partial charge in [0.25, 0.3) is 0 Å². The quantitative estimate of drug-likeness (QED) is 0.386. The van der Waals surface area contributed by atoms with Gasteiger partial charge in [-0.05, 0) is 27.7 Å². The summed E-state index contributed by atoms with van der Waals surface area (Å²) in [4.78, 5) is 4.06. The van der Waals surface area contributed by atoms with Crippen LogP contribution in [0.2, 0.25) is 0 Å². The molecule has 0 bridgehead atoms. The van der Waals surface area contributed by atoms with Crippen molar-refractivity contribution in [2.45, 2.75) is 39.8 Å². The summed E-state index contributed by atoms with van der Waals surface area (Å²) in [7, 11) is 0. The number of hydrogen-bond acceptors (Lipinski definition) is 2. The van der Waals surface area contributed by atoms with E-state index in [1.165, 1.54) is 0 Å². The molecule has 0 amide bonds. The van der Waals surface area contributed by atoms with Gasteiger partial charge >= 0.3 is 0 Å². The van der Waals surface area contributed by atoms with Crippen LogP contribution in [0.4, 0.5) is 0 Å². The Hall–Kier alpha value is -1.24. The molecule has 0 unspecified atom stereocenters. The van der Waals surface area contributed by atoms with Crippen LogP contribution < -0.4 is 10.6 Å². The van der Waals surface area contributed by atoms with Crippen molar-refractivity contribution >= 4 is 5.96 Å². The summed E-state index contributed by atoms with van der Waals surface area (Å²) in [5.41, 5.74) is 0. The number of rotatable bonds is 3. The van der Waals surface area contributed by atoms with E-state index in [2.05, 4.69) is 15.6 Å². The van der Waals surface area contributed by atoms with Crippen molar-refractivity contribution in [1.29, 1.82) is 5.26 Å². The van der Waals surface area contributed by atoms with E-state index in [1.54, 1.807) is 0 Å². The molecule has 0 aliphatic heterocycles. The molecule has 0 saturated heterocycles. The summed E-state index contributed by atoms with van der Waals surface area (Å²) < 4.78 is 0. The van der Waals surface area contributed by atoms with Crippen LogP contribution in [0.15, 0.2) is 4.99 Å². The Kier molecular flexibility index (Phi) is 5.69. The Morgan fingerprint density at radius 3 is 2.00 bits per heavy atom. The smallest absolute Gasteiger partial charge is 0.192 e. The fraction of sp³-hybridized carbons (Fsp3) is 0.778. The lowest BCUT2D eigenvalue weighted by Gasteiger charge is -2.16. The van der Waals surface area contributed by atoms with Crippen molar-refractivity contribution < 1.29 is 0 Å². The maximum absolute atomic E-state index is 8.37. The van der Waals surface area contributed by atoms with Crippen molar-refractivity contribution in [2.75, 3.05) is 6.54 Å². The molecule has 13 heavy (non-hydrogen) atoms. The molecule has 0 spiro atoms. The van der Waals surface area contributed by atoms with Gasteiger partial charge in [-0.15, -0.1) is 0 Å². The van der Waals surface area contributed by atoms with Crippen LogP contribution in [0, 0.1) is 11.3 Å². The molecule has 0 heterocycles.